The van der Waals surface area contributed by atoms with Gasteiger partial charge in [0, 0.05) is 12.0 Å². The van der Waals surface area contributed by atoms with Gasteiger partial charge in [-0.15, -0.1) is 0 Å². The summed E-state index contributed by atoms with van der Waals surface area (Å²) in [6.07, 6.45) is 3.56. The molecule has 2 aliphatic rings. The van der Waals surface area contributed by atoms with Crippen molar-refractivity contribution in [2.45, 2.75) is 26.7 Å². The molecule has 1 fully saturated rings. The molecular formula is C11H14O2. The predicted molar refractivity (Wildman–Crippen MR) is 50.3 cm³/mol. The van der Waals surface area contributed by atoms with E-state index < -0.39 is 5.97 Å². The normalized spacial score (nSPS) is 34.8. The smallest absolute Gasteiger partial charge is 0.328 e. The van der Waals surface area contributed by atoms with Crippen molar-refractivity contribution in [2.24, 2.45) is 11.8 Å². The molecule has 0 bridgehead atoms. The average molecular weight is 178 g/mol. The zero-order valence-corrected chi connectivity index (χ0v) is 8.00. The van der Waals surface area contributed by atoms with Crippen LogP contribution in [0.15, 0.2) is 22.8 Å². The van der Waals surface area contributed by atoms with Crippen LogP contribution in [0.5, 0.6) is 0 Å². The first-order valence-electron chi connectivity index (χ1n) is 4.69. The standard InChI is InChI=1S/C11H14O2/c1-6-3-8-4-9(5-10(12)13)11(8)7(6)2/h5,8,11H,3-4H2,1-2H3,(H,12,13)/t8-,11-/m1/s1. The molecule has 0 aromatic carbocycles. The zero-order chi connectivity index (χ0) is 9.59. The fraction of sp³-hybridized carbons (Fsp3) is 0.545. The van der Waals surface area contributed by atoms with Gasteiger partial charge in [0.15, 0.2) is 0 Å². The molecule has 0 amide bonds. The maximum absolute atomic E-state index is 10.5. The molecule has 0 aromatic heterocycles. The molecule has 0 radical (unpaired) electrons. The lowest BCUT2D eigenvalue weighted by Gasteiger charge is -2.35. The molecule has 0 unspecified atom stereocenters. The van der Waals surface area contributed by atoms with E-state index in [0.717, 1.165) is 12.0 Å². The third-order valence-corrected chi connectivity index (χ3v) is 3.39. The summed E-state index contributed by atoms with van der Waals surface area (Å²) in [4.78, 5) is 10.5. The van der Waals surface area contributed by atoms with Crippen LogP contribution < -0.4 is 0 Å². The van der Waals surface area contributed by atoms with E-state index >= 15 is 0 Å². The van der Waals surface area contributed by atoms with E-state index in [1.54, 1.807) is 0 Å². The minimum atomic E-state index is -0.800. The van der Waals surface area contributed by atoms with Crippen LogP contribution in [0, 0.1) is 11.8 Å². The first-order valence-corrected chi connectivity index (χ1v) is 4.69. The summed E-state index contributed by atoms with van der Waals surface area (Å²) in [7, 11) is 0. The third kappa shape index (κ3) is 1.21. The highest BCUT2D eigenvalue weighted by atomic mass is 16.4. The zero-order valence-electron chi connectivity index (χ0n) is 8.00. The summed E-state index contributed by atoms with van der Waals surface area (Å²) in [5.74, 6) is 0.382. The van der Waals surface area contributed by atoms with Crippen molar-refractivity contribution in [3.8, 4) is 0 Å². The van der Waals surface area contributed by atoms with Crippen LogP contribution in [0.1, 0.15) is 26.7 Å². The average Bonchev–Trinajstić information content (AvgIpc) is 2.20. The number of carboxylic acids is 1. The van der Waals surface area contributed by atoms with Gasteiger partial charge in [0.25, 0.3) is 0 Å². The van der Waals surface area contributed by atoms with E-state index in [4.69, 9.17) is 5.11 Å². The van der Waals surface area contributed by atoms with Gasteiger partial charge in [-0.05, 0) is 32.6 Å². The number of carboxylic acid groups (broad SMARTS) is 1. The second-order valence-electron chi connectivity index (χ2n) is 4.17. The first kappa shape index (κ1) is 8.54. The Morgan fingerprint density at radius 1 is 1.46 bits per heavy atom. The lowest BCUT2D eigenvalue weighted by molar-refractivity contribution is -0.131. The lowest BCUT2D eigenvalue weighted by atomic mass is 9.69. The van der Waals surface area contributed by atoms with Crippen molar-refractivity contribution < 1.29 is 9.90 Å². The Labute approximate surface area is 78.0 Å². The molecule has 0 aromatic rings. The van der Waals surface area contributed by atoms with E-state index in [1.165, 1.54) is 23.6 Å². The van der Waals surface area contributed by atoms with Gasteiger partial charge in [-0.3, -0.25) is 0 Å². The Kier molecular flexibility index (Phi) is 1.79. The van der Waals surface area contributed by atoms with Crippen LogP contribution >= 0.6 is 0 Å². The van der Waals surface area contributed by atoms with Crippen molar-refractivity contribution in [1.82, 2.24) is 0 Å². The molecule has 13 heavy (non-hydrogen) atoms. The number of aliphatic carboxylic acids is 1. The van der Waals surface area contributed by atoms with E-state index in [1.807, 2.05) is 0 Å². The van der Waals surface area contributed by atoms with Crippen molar-refractivity contribution in [3.63, 3.8) is 0 Å². The molecule has 1 saturated carbocycles. The van der Waals surface area contributed by atoms with Gasteiger partial charge < -0.3 is 5.11 Å². The quantitative estimate of drug-likeness (QED) is 0.494. The number of fused-ring (bicyclic) bond motifs is 1. The Morgan fingerprint density at radius 2 is 2.15 bits per heavy atom. The van der Waals surface area contributed by atoms with Gasteiger partial charge in [0.05, 0.1) is 0 Å². The van der Waals surface area contributed by atoms with Crippen LogP contribution in [0.4, 0.5) is 0 Å². The molecule has 0 heterocycles. The van der Waals surface area contributed by atoms with Gasteiger partial charge in [-0.1, -0.05) is 16.7 Å². The summed E-state index contributed by atoms with van der Waals surface area (Å²) >= 11 is 0. The fourth-order valence-corrected chi connectivity index (χ4v) is 2.64. The summed E-state index contributed by atoms with van der Waals surface area (Å²) in [5.41, 5.74) is 3.99. The largest absolute Gasteiger partial charge is 0.478 e. The molecule has 2 atom stereocenters. The predicted octanol–water partition coefficient (Wildman–Crippen LogP) is 2.37. The van der Waals surface area contributed by atoms with Crippen LogP contribution in [0.25, 0.3) is 0 Å². The summed E-state index contributed by atoms with van der Waals surface area (Å²) in [6, 6.07) is 0. The number of hydrogen-bond donors (Lipinski definition) is 1. The van der Waals surface area contributed by atoms with Gasteiger partial charge in [-0.2, -0.15) is 0 Å². The maximum atomic E-state index is 10.5. The Balaban J connectivity index is 2.21. The van der Waals surface area contributed by atoms with Gasteiger partial charge >= 0.3 is 5.97 Å². The van der Waals surface area contributed by atoms with Crippen LogP contribution in [-0.4, -0.2) is 11.1 Å². The second kappa shape index (κ2) is 2.72. The van der Waals surface area contributed by atoms with Gasteiger partial charge in [0.2, 0.25) is 0 Å². The van der Waals surface area contributed by atoms with Gasteiger partial charge in [0.1, 0.15) is 0 Å². The molecule has 1 N–H and O–H groups in total. The number of hydrogen-bond acceptors (Lipinski definition) is 1. The van der Waals surface area contributed by atoms with E-state index in [9.17, 15) is 4.79 Å². The van der Waals surface area contributed by atoms with Crippen molar-refractivity contribution in [2.75, 3.05) is 0 Å². The molecule has 0 aliphatic heterocycles. The summed E-state index contributed by atoms with van der Waals surface area (Å²) in [5, 5.41) is 8.63. The van der Waals surface area contributed by atoms with E-state index in [0.29, 0.717) is 11.8 Å². The third-order valence-electron chi connectivity index (χ3n) is 3.39. The number of carbonyl (C=O) groups is 1. The van der Waals surface area contributed by atoms with E-state index in [-0.39, 0.29) is 0 Å². The molecule has 0 saturated heterocycles. The molecule has 2 rings (SSSR count). The SMILES string of the molecule is CC1=C(C)[C@H]2C(=CC(=O)O)C[C@H]2C1. The highest BCUT2D eigenvalue weighted by Crippen LogP contribution is 2.53. The van der Waals surface area contributed by atoms with Crippen molar-refractivity contribution in [3.05, 3.63) is 22.8 Å². The van der Waals surface area contributed by atoms with Crippen LogP contribution in [0.3, 0.4) is 0 Å². The van der Waals surface area contributed by atoms with E-state index in [2.05, 4.69) is 13.8 Å². The summed E-state index contributed by atoms with van der Waals surface area (Å²) in [6.45, 7) is 4.29. The monoisotopic (exact) mass is 178 g/mol. The fourth-order valence-electron chi connectivity index (χ4n) is 2.64. The molecule has 2 nitrogen and oxygen atoms in total. The molecule has 70 valence electrons. The van der Waals surface area contributed by atoms with Gasteiger partial charge in [-0.25, -0.2) is 4.79 Å². The topological polar surface area (TPSA) is 37.3 Å². The van der Waals surface area contributed by atoms with Crippen LogP contribution in [-0.2, 0) is 4.79 Å². The van der Waals surface area contributed by atoms with Crippen molar-refractivity contribution >= 4 is 5.97 Å². The lowest BCUT2D eigenvalue weighted by Crippen LogP contribution is -2.26. The molecule has 2 aliphatic carbocycles. The van der Waals surface area contributed by atoms with Crippen molar-refractivity contribution in [1.29, 1.82) is 0 Å². The second-order valence-corrected chi connectivity index (χ2v) is 4.17. The van der Waals surface area contributed by atoms with Crippen LogP contribution in [0.2, 0.25) is 0 Å². The minimum Gasteiger partial charge on any atom is -0.478 e. The molecule has 0 spiro atoms. The highest BCUT2D eigenvalue weighted by Gasteiger charge is 2.41. The first-order chi connectivity index (χ1) is 6.09. The minimum absolute atomic E-state index is 0.469. The Hall–Kier alpha value is -1.05. The molecule has 2 heteroatoms. The molecular weight excluding hydrogens is 164 g/mol. The maximum Gasteiger partial charge on any atom is 0.328 e. The number of allylic oxidation sites excluding steroid dienone is 3. The number of rotatable bonds is 1. The Morgan fingerprint density at radius 3 is 2.69 bits per heavy atom. The Bertz CT molecular complexity index is 323. The summed E-state index contributed by atoms with van der Waals surface area (Å²) < 4.78 is 0. The highest BCUT2D eigenvalue weighted by molar-refractivity contribution is 5.81.